The summed E-state index contributed by atoms with van der Waals surface area (Å²) in [5.74, 6) is -1.85. The van der Waals surface area contributed by atoms with Crippen molar-refractivity contribution in [3.63, 3.8) is 0 Å². The van der Waals surface area contributed by atoms with Crippen LogP contribution < -0.4 is 5.73 Å². The second-order valence-corrected chi connectivity index (χ2v) is 6.67. The quantitative estimate of drug-likeness (QED) is 0.833. The summed E-state index contributed by atoms with van der Waals surface area (Å²) in [5.41, 5.74) is 5.78. The van der Waals surface area contributed by atoms with Crippen LogP contribution >= 0.6 is 0 Å². The number of carbonyl (C=O) groups is 1. The van der Waals surface area contributed by atoms with Gasteiger partial charge in [0.15, 0.2) is 9.84 Å². The molecule has 0 bridgehead atoms. The Bertz CT molecular complexity index is 600. The first-order valence-corrected chi connectivity index (χ1v) is 8.04. The number of rotatable bonds is 5. The first-order chi connectivity index (χ1) is 9.18. The zero-order chi connectivity index (χ0) is 15.5. The van der Waals surface area contributed by atoms with Crippen LogP contribution in [0.3, 0.4) is 0 Å². The van der Waals surface area contributed by atoms with Crippen LogP contribution in [0.4, 0.5) is 4.39 Å². The number of hydrogen-bond donors (Lipinski definition) is 1. The van der Waals surface area contributed by atoms with Gasteiger partial charge in [-0.25, -0.2) is 12.8 Å². The summed E-state index contributed by atoms with van der Waals surface area (Å²) in [6, 6.07) is 3.87. The fourth-order valence-corrected chi connectivity index (χ4v) is 2.33. The number of sulfone groups is 1. The van der Waals surface area contributed by atoms with Crippen molar-refractivity contribution in [2.45, 2.75) is 25.1 Å². The molecule has 112 valence electrons. The average Bonchev–Trinajstić information content (AvgIpc) is 2.36. The first-order valence-electron chi connectivity index (χ1n) is 6.09. The van der Waals surface area contributed by atoms with Crippen molar-refractivity contribution in [1.82, 2.24) is 0 Å². The molecule has 2 N–H and O–H groups in total. The standard InChI is InChI=1S/C13H18FNO4S/c1-4-19-13(16)8(2)9-5-6-10(11(14)7-9)12(15)20(3,17)18/h5-8,12H,4,15H2,1-3H3. The molecule has 7 heteroatoms. The van der Waals surface area contributed by atoms with E-state index in [-0.39, 0.29) is 12.2 Å². The van der Waals surface area contributed by atoms with E-state index in [2.05, 4.69) is 0 Å². The molecule has 1 aromatic carbocycles. The zero-order valence-electron chi connectivity index (χ0n) is 11.6. The maximum absolute atomic E-state index is 13.9. The SMILES string of the molecule is CCOC(=O)C(C)c1ccc(C(N)S(C)(=O)=O)c(F)c1. The van der Waals surface area contributed by atoms with E-state index in [0.29, 0.717) is 5.56 Å². The van der Waals surface area contributed by atoms with Crippen LogP contribution in [0.15, 0.2) is 18.2 Å². The summed E-state index contributed by atoms with van der Waals surface area (Å²) in [6.45, 7) is 3.51. The molecule has 0 saturated heterocycles. The van der Waals surface area contributed by atoms with Gasteiger partial charge < -0.3 is 10.5 Å². The van der Waals surface area contributed by atoms with E-state index in [9.17, 15) is 17.6 Å². The van der Waals surface area contributed by atoms with E-state index in [1.54, 1.807) is 13.8 Å². The Morgan fingerprint density at radius 2 is 2.05 bits per heavy atom. The van der Waals surface area contributed by atoms with Crippen LogP contribution in [0.1, 0.15) is 36.3 Å². The van der Waals surface area contributed by atoms with Crippen LogP contribution in [0, 0.1) is 5.82 Å². The summed E-state index contributed by atoms with van der Waals surface area (Å²) in [7, 11) is -3.59. The second kappa shape index (κ2) is 6.32. The Morgan fingerprint density at radius 3 is 2.50 bits per heavy atom. The highest BCUT2D eigenvalue weighted by Crippen LogP contribution is 2.24. The highest BCUT2D eigenvalue weighted by atomic mass is 32.2. The number of carbonyl (C=O) groups excluding carboxylic acids is 1. The third-order valence-corrected chi connectivity index (χ3v) is 4.11. The van der Waals surface area contributed by atoms with Crippen molar-refractivity contribution in [1.29, 1.82) is 0 Å². The lowest BCUT2D eigenvalue weighted by molar-refractivity contribution is -0.144. The van der Waals surface area contributed by atoms with Crippen molar-refractivity contribution in [3.8, 4) is 0 Å². The molecule has 0 heterocycles. The van der Waals surface area contributed by atoms with Gasteiger partial charge in [-0.2, -0.15) is 0 Å². The van der Waals surface area contributed by atoms with Crippen molar-refractivity contribution >= 4 is 15.8 Å². The predicted molar refractivity (Wildman–Crippen MR) is 73.2 cm³/mol. The van der Waals surface area contributed by atoms with Crippen molar-refractivity contribution in [2.75, 3.05) is 12.9 Å². The Hall–Kier alpha value is -1.47. The average molecular weight is 303 g/mol. The Kier molecular flexibility index (Phi) is 5.24. The molecule has 5 nitrogen and oxygen atoms in total. The summed E-state index contributed by atoms with van der Waals surface area (Å²) in [4.78, 5) is 11.6. The maximum Gasteiger partial charge on any atom is 0.313 e. The molecule has 20 heavy (non-hydrogen) atoms. The summed E-state index contributed by atoms with van der Waals surface area (Å²) < 4.78 is 41.5. The lowest BCUT2D eigenvalue weighted by Gasteiger charge is -2.14. The zero-order valence-corrected chi connectivity index (χ0v) is 12.4. The molecule has 0 fully saturated rings. The van der Waals surface area contributed by atoms with Crippen LogP contribution in [0.2, 0.25) is 0 Å². The lowest BCUT2D eigenvalue weighted by Crippen LogP contribution is -2.22. The minimum Gasteiger partial charge on any atom is -0.466 e. The van der Waals surface area contributed by atoms with Crippen molar-refractivity contribution in [2.24, 2.45) is 5.73 Å². The molecule has 0 aromatic heterocycles. The second-order valence-electron chi connectivity index (χ2n) is 4.50. The highest BCUT2D eigenvalue weighted by Gasteiger charge is 2.23. The van der Waals surface area contributed by atoms with Gasteiger partial charge in [-0.1, -0.05) is 12.1 Å². The summed E-state index contributed by atoms with van der Waals surface area (Å²) in [5, 5.41) is -1.42. The van der Waals surface area contributed by atoms with Gasteiger partial charge in [0.05, 0.1) is 12.5 Å². The molecule has 0 aliphatic carbocycles. The van der Waals surface area contributed by atoms with E-state index in [4.69, 9.17) is 10.5 Å². The first kappa shape index (κ1) is 16.6. The third kappa shape index (κ3) is 3.77. The Balaban J connectivity index is 3.08. The molecule has 0 aliphatic heterocycles. The van der Waals surface area contributed by atoms with Crippen LogP contribution in [0.25, 0.3) is 0 Å². The van der Waals surface area contributed by atoms with Gasteiger partial charge in [0.2, 0.25) is 0 Å². The van der Waals surface area contributed by atoms with Gasteiger partial charge in [-0.15, -0.1) is 0 Å². The van der Waals surface area contributed by atoms with Crippen molar-refractivity contribution in [3.05, 3.63) is 35.1 Å². The number of hydrogen-bond acceptors (Lipinski definition) is 5. The normalized spacial score (nSPS) is 14.7. The largest absolute Gasteiger partial charge is 0.466 e. The molecule has 0 saturated carbocycles. The maximum atomic E-state index is 13.9. The summed E-state index contributed by atoms with van der Waals surface area (Å²) >= 11 is 0. The predicted octanol–water partition coefficient (Wildman–Crippen LogP) is 1.49. The topological polar surface area (TPSA) is 86.5 Å². The van der Waals surface area contributed by atoms with E-state index in [0.717, 1.165) is 12.3 Å². The molecule has 0 aliphatic rings. The van der Waals surface area contributed by atoms with Gasteiger partial charge in [-0.05, 0) is 25.5 Å². The number of benzene rings is 1. The van der Waals surface area contributed by atoms with E-state index in [1.807, 2.05) is 0 Å². The highest BCUT2D eigenvalue weighted by molar-refractivity contribution is 7.90. The van der Waals surface area contributed by atoms with Gasteiger partial charge in [-0.3, -0.25) is 4.79 Å². The molecule has 0 radical (unpaired) electrons. The monoisotopic (exact) mass is 303 g/mol. The molecule has 2 unspecified atom stereocenters. The molecular weight excluding hydrogens is 285 g/mol. The fourth-order valence-electron chi connectivity index (χ4n) is 1.68. The smallest absolute Gasteiger partial charge is 0.313 e. The van der Waals surface area contributed by atoms with Gasteiger partial charge in [0, 0.05) is 11.8 Å². The molecular formula is C13H18FNO4S. The molecule has 2 atom stereocenters. The molecule has 1 aromatic rings. The number of nitrogens with two attached hydrogens (primary N) is 1. The van der Waals surface area contributed by atoms with Crippen LogP contribution in [-0.2, 0) is 19.4 Å². The van der Waals surface area contributed by atoms with Gasteiger partial charge in [0.25, 0.3) is 0 Å². The molecule has 0 amide bonds. The van der Waals surface area contributed by atoms with Crippen LogP contribution in [-0.4, -0.2) is 27.2 Å². The Morgan fingerprint density at radius 1 is 1.45 bits per heavy atom. The van der Waals surface area contributed by atoms with E-state index in [1.165, 1.54) is 12.1 Å². The minimum atomic E-state index is -3.59. The van der Waals surface area contributed by atoms with E-state index < -0.39 is 32.9 Å². The van der Waals surface area contributed by atoms with Gasteiger partial charge >= 0.3 is 5.97 Å². The number of ether oxygens (including phenoxy) is 1. The third-order valence-electron chi connectivity index (χ3n) is 2.93. The fraction of sp³-hybridized carbons (Fsp3) is 0.462. The Labute approximate surface area is 117 Å². The summed E-state index contributed by atoms with van der Waals surface area (Å²) in [6.07, 6.45) is 0.937. The lowest BCUT2D eigenvalue weighted by atomic mass is 9.99. The van der Waals surface area contributed by atoms with Crippen LogP contribution in [0.5, 0.6) is 0 Å². The number of esters is 1. The van der Waals surface area contributed by atoms with E-state index >= 15 is 0 Å². The molecule has 0 spiro atoms. The molecule has 1 rings (SSSR count). The minimum absolute atomic E-state index is 0.118. The van der Waals surface area contributed by atoms with Gasteiger partial charge in [0.1, 0.15) is 11.2 Å². The van der Waals surface area contributed by atoms with Crippen molar-refractivity contribution < 1.29 is 22.3 Å². The number of halogens is 1.